The summed E-state index contributed by atoms with van der Waals surface area (Å²) < 4.78 is 38.6. The van der Waals surface area contributed by atoms with Crippen molar-refractivity contribution in [3.05, 3.63) is 60.3 Å². The summed E-state index contributed by atoms with van der Waals surface area (Å²) in [6, 6.07) is 14.8. The van der Waals surface area contributed by atoms with E-state index in [1.54, 1.807) is 36.3 Å². The molecule has 1 amide bonds. The highest BCUT2D eigenvalue weighted by Crippen LogP contribution is 2.37. The molecule has 0 radical (unpaired) electrons. The van der Waals surface area contributed by atoms with Crippen molar-refractivity contribution in [1.82, 2.24) is 13.8 Å². The van der Waals surface area contributed by atoms with E-state index in [9.17, 15) is 13.2 Å². The highest BCUT2D eigenvalue weighted by molar-refractivity contribution is 7.90. The van der Waals surface area contributed by atoms with Crippen LogP contribution in [-0.4, -0.2) is 74.7 Å². The quantitative estimate of drug-likeness (QED) is 0.508. The standard InChI is InChI=1S/C27H33N3O5S/c1-34-22-7-9-23(10-8-22)36(32,33)30-19-25(24-5-3-4-6-26(24)30)20-11-15-28(16-12-20)21-13-17-29(18-14-21)27(31)35-2/h3-10,19-21H,11-18H2,1-2H3. The molecule has 2 aliphatic heterocycles. The van der Waals surface area contributed by atoms with Gasteiger partial charge in [0.2, 0.25) is 0 Å². The number of para-hydroxylation sites is 1. The number of methoxy groups -OCH3 is 2. The van der Waals surface area contributed by atoms with Crippen LogP contribution in [0.3, 0.4) is 0 Å². The number of piperidine rings is 2. The molecule has 8 nitrogen and oxygen atoms in total. The van der Waals surface area contributed by atoms with Crippen LogP contribution in [0.25, 0.3) is 10.9 Å². The first-order valence-corrected chi connectivity index (χ1v) is 13.9. The molecule has 2 fully saturated rings. The van der Waals surface area contributed by atoms with Gasteiger partial charge in [-0.3, -0.25) is 0 Å². The molecule has 192 valence electrons. The van der Waals surface area contributed by atoms with E-state index in [1.807, 2.05) is 30.5 Å². The summed E-state index contributed by atoms with van der Waals surface area (Å²) in [5, 5.41) is 0.999. The van der Waals surface area contributed by atoms with Gasteiger partial charge in [-0.2, -0.15) is 0 Å². The number of benzene rings is 2. The third-order valence-electron chi connectivity index (χ3n) is 7.71. The molecule has 1 aromatic heterocycles. The van der Waals surface area contributed by atoms with Crippen molar-refractivity contribution < 1.29 is 22.7 Å². The minimum atomic E-state index is -3.74. The highest BCUT2D eigenvalue weighted by Gasteiger charge is 2.32. The van der Waals surface area contributed by atoms with Crippen molar-refractivity contribution in [1.29, 1.82) is 0 Å². The summed E-state index contributed by atoms with van der Waals surface area (Å²) >= 11 is 0. The molecule has 5 rings (SSSR count). The predicted octanol–water partition coefficient (Wildman–Crippen LogP) is 4.30. The molecule has 0 saturated carbocycles. The number of rotatable bonds is 5. The van der Waals surface area contributed by atoms with Gasteiger partial charge in [-0.1, -0.05) is 18.2 Å². The number of carbonyl (C=O) groups is 1. The minimum absolute atomic E-state index is 0.240. The van der Waals surface area contributed by atoms with Gasteiger partial charge in [0.15, 0.2) is 0 Å². The highest BCUT2D eigenvalue weighted by atomic mass is 32.2. The maximum Gasteiger partial charge on any atom is 0.409 e. The third kappa shape index (κ3) is 4.57. The van der Waals surface area contributed by atoms with Gasteiger partial charge < -0.3 is 19.3 Å². The van der Waals surface area contributed by atoms with Gasteiger partial charge in [0.25, 0.3) is 10.0 Å². The average molecular weight is 512 g/mol. The summed E-state index contributed by atoms with van der Waals surface area (Å²) in [5.41, 5.74) is 1.81. The van der Waals surface area contributed by atoms with Crippen LogP contribution in [0.5, 0.6) is 5.75 Å². The zero-order chi connectivity index (χ0) is 25.3. The van der Waals surface area contributed by atoms with E-state index in [0.29, 0.717) is 23.2 Å². The maximum absolute atomic E-state index is 13.6. The Bertz CT molecular complexity index is 1320. The van der Waals surface area contributed by atoms with Crippen molar-refractivity contribution in [2.24, 2.45) is 0 Å². The van der Waals surface area contributed by atoms with Crippen LogP contribution in [0.2, 0.25) is 0 Å². The lowest BCUT2D eigenvalue weighted by Gasteiger charge is -2.41. The SMILES string of the molecule is COC(=O)N1CCC(N2CCC(c3cn(S(=O)(=O)c4ccc(OC)cc4)c4ccccc34)CC2)CC1. The van der Waals surface area contributed by atoms with Crippen LogP contribution in [0.15, 0.2) is 59.6 Å². The fourth-order valence-corrected chi connectivity index (χ4v) is 7.06. The Morgan fingerprint density at radius 3 is 2.19 bits per heavy atom. The van der Waals surface area contributed by atoms with Crippen LogP contribution < -0.4 is 4.74 Å². The van der Waals surface area contributed by atoms with E-state index in [-0.39, 0.29) is 11.0 Å². The van der Waals surface area contributed by atoms with Crippen molar-refractivity contribution in [3.63, 3.8) is 0 Å². The number of carbonyl (C=O) groups excluding carboxylic acids is 1. The van der Waals surface area contributed by atoms with Gasteiger partial charge in [-0.15, -0.1) is 0 Å². The molecule has 0 N–H and O–H groups in total. The van der Waals surface area contributed by atoms with E-state index in [2.05, 4.69) is 4.90 Å². The lowest BCUT2D eigenvalue weighted by molar-refractivity contribution is 0.0734. The van der Waals surface area contributed by atoms with Crippen molar-refractivity contribution in [2.75, 3.05) is 40.4 Å². The summed E-state index contributed by atoms with van der Waals surface area (Å²) in [6.45, 7) is 3.40. The first kappa shape index (κ1) is 24.6. The predicted molar refractivity (Wildman–Crippen MR) is 138 cm³/mol. The number of fused-ring (bicyclic) bond motifs is 1. The lowest BCUT2D eigenvalue weighted by atomic mass is 9.88. The number of hydrogen-bond donors (Lipinski definition) is 0. The molecule has 9 heteroatoms. The summed E-state index contributed by atoms with van der Waals surface area (Å²) in [4.78, 5) is 16.3. The molecule has 3 heterocycles. The Morgan fingerprint density at radius 1 is 0.889 bits per heavy atom. The van der Waals surface area contributed by atoms with Gasteiger partial charge in [0.1, 0.15) is 5.75 Å². The van der Waals surface area contributed by atoms with Gasteiger partial charge in [0.05, 0.1) is 24.6 Å². The number of nitrogens with zero attached hydrogens (tertiary/aromatic N) is 3. The molecule has 0 atom stereocenters. The molecule has 0 spiro atoms. The van der Waals surface area contributed by atoms with Gasteiger partial charge in [-0.05, 0) is 80.6 Å². The Labute approximate surface area is 212 Å². The molecule has 0 unspecified atom stereocenters. The first-order chi connectivity index (χ1) is 17.4. The molecule has 2 aliphatic rings. The van der Waals surface area contributed by atoms with E-state index in [4.69, 9.17) is 9.47 Å². The molecule has 2 saturated heterocycles. The minimum Gasteiger partial charge on any atom is -0.497 e. The molecular weight excluding hydrogens is 478 g/mol. The zero-order valence-electron chi connectivity index (χ0n) is 20.8. The number of hydrogen-bond acceptors (Lipinski definition) is 6. The summed E-state index contributed by atoms with van der Waals surface area (Å²) in [7, 11) is -0.752. The largest absolute Gasteiger partial charge is 0.497 e. The summed E-state index contributed by atoms with van der Waals surface area (Å²) in [6.07, 6.45) is 5.47. The smallest absolute Gasteiger partial charge is 0.409 e. The number of likely N-dealkylation sites (tertiary alicyclic amines) is 2. The molecule has 36 heavy (non-hydrogen) atoms. The van der Waals surface area contributed by atoms with Crippen LogP contribution in [-0.2, 0) is 14.8 Å². The third-order valence-corrected chi connectivity index (χ3v) is 9.40. The van der Waals surface area contributed by atoms with E-state index in [1.165, 1.54) is 11.1 Å². The van der Waals surface area contributed by atoms with Gasteiger partial charge in [0, 0.05) is 30.7 Å². The summed E-state index contributed by atoms with van der Waals surface area (Å²) in [5.74, 6) is 0.920. The second-order valence-electron chi connectivity index (χ2n) is 9.58. The Kier molecular flexibility index (Phi) is 6.94. The second-order valence-corrected chi connectivity index (χ2v) is 11.4. The zero-order valence-corrected chi connectivity index (χ0v) is 21.6. The molecule has 0 aliphatic carbocycles. The number of ether oxygens (including phenoxy) is 2. The number of amides is 1. The normalized spacial score (nSPS) is 18.4. The first-order valence-electron chi connectivity index (χ1n) is 12.5. The van der Waals surface area contributed by atoms with Crippen LogP contribution in [0.1, 0.15) is 37.2 Å². The monoisotopic (exact) mass is 511 g/mol. The molecular formula is C27H33N3O5S. The van der Waals surface area contributed by atoms with E-state index in [0.717, 1.165) is 62.8 Å². The van der Waals surface area contributed by atoms with Crippen molar-refractivity contribution in [3.8, 4) is 5.75 Å². The average Bonchev–Trinajstić information content (AvgIpc) is 3.33. The van der Waals surface area contributed by atoms with Gasteiger partial charge >= 0.3 is 6.09 Å². The van der Waals surface area contributed by atoms with Gasteiger partial charge in [-0.25, -0.2) is 17.2 Å². The Hall–Kier alpha value is -3.04. The molecule has 3 aromatic rings. The fourth-order valence-electron chi connectivity index (χ4n) is 5.68. The van der Waals surface area contributed by atoms with Crippen LogP contribution in [0.4, 0.5) is 4.79 Å². The topological polar surface area (TPSA) is 81.1 Å². The van der Waals surface area contributed by atoms with E-state index >= 15 is 0 Å². The van der Waals surface area contributed by atoms with Crippen LogP contribution in [0, 0.1) is 0 Å². The lowest BCUT2D eigenvalue weighted by Crippen LogP contribution is -2.48. The van der Waals surface area contributed by atoms with E-state index < -0.39 is 10.0 Å². The Morgan fingerprint density at radius 2 is 1.56 bits per heavy atom. The van der Waals surface area contributed by atoms with Crippen molar-refractivity contribution >= 4 is 27.0 Å². The van der Waals surface area contributed by atoms with Crippen LogP contribution >= 0.6 is 0 Å². The molecule has 0 bridgehead atoms. The van der Waals surface area contributed by atoms with Crippen molar-refractivity contribution in [2.45, 2.75) is 42.5 Å². The second kappa shape index (κ2) is 10.1. The Balaban J connectivity index is 1.34. The maximum atomic E-state index is 13.6. The number of aromatic nitrogens is 1. The fraction of sp³-hybridized carbons (Fsp3) is 0.444. The molecule has 2 aromatic carbocycles.